The minimum absolute atomic E-state index is 0.0123. The molecule has 2 N–H and O–H groups in total. The molecule has 6 nitrogen and oxygen atoms in total. The van der Waals surface area contributed by atoms with Crippen molar-refractivity contribution in [1.29, 1.82) is 0 Å². The molecule has 0 fully saturated rings. The second-order valence-corrected chi connectivity index (χ2v) is 11.4. The van der Waals surface area contributed by atoms with Crippen molar-refractivity contribution >= 4 is 21.8 Å². The molecule has 0 unspecified atom stereocenters. The Bertz CT molecular complexity index is 476. The smallest absolute Gasteiger partial charge is 0.408 e. The van der Waals surface area contributed by atoms with Crippen LogP contribution in [0.5, 0.6) is 0 Å². The predicted molar refractivity (Wildman–Crippen MR) is 98.0 cm³/mol. The van der Waals surface area contributed by atoms with Crippen LogP contribution < -0.4 is 5.32 Å². The van der Waals surface area contributed by atoms with Gasteiger partial charge in [0.15, 0.2) is 15.3 Å². The maximum absolute atomic E-state index is 12.2. The summed E-state index contributed by atoms with van der Waals surface area (Å²) in [6.07, 6.45) is 0.698. The van der Waals surface area contributed by atoms with Crippen molar-refractivity contribution in [2.45, 2.75) is 83.6 Å². The molecule has 0 saturated carbocycles. The van der Waals surface area contributed by atoms with E-state index in [9.17, 15) is 14.7 Å². The zero-order chi connectivity index (χ0) is 19.4. The summed E-state index contributed by atoms with van der Waals surface area (Å²) in [6, 6.07) is 0. The molecule has 0 saturated heterocycles. The van der Waals surface area contributed by atoms with E-state index in [2.05, 4.69) is 11.9 Å². The quantitative estimate of drug-likeness (QED) is 0.539. The SMILES string of the molecule is C=CC[C@@](NC(=O)OC(C)(C)C)(C(=O)O)C(C)(C)O[SiH2]C(C)(C)C. The lowest BCUT2D eigenvalue weighted by Crippen LogP contribution is -2.68. The van der Waals surface area contributed by atoms with Gasteiger partial charge in [-0.05, 0) is 39.7 Å². The van der Waals surface area contributed by atoms with Crippen molar-refractivity contribution in [3.05, 3.63) is 12.7 Å². The Balaban J connectivity index is 5.66. The summed E-state index contributed by atoms with van der Waals surface area (Å²) in [5.41, 5.74) is -3.51. The second-order valence-electron chi connectivity index (χ2n) is 8.69. The highest BCUT2D eigenvalue weighted by atomic mass is 28.2. The predicted octanol–water partition coefficient (Wildman–Crippen LogP) is 3.01. The molecule has 140 valence electrons. The van der Waals surface area contributed by atoms with Gasteiger partial charge in [-0.1, -0.05) is 26.8 Å². The lowest BCUT2D eigenvalue weighted by atomic mass is 9.79. The summed E-state index contributed by atoms with van der Waals surface area (Å²) < 4.78 is 11.3. The molecule has 0 radical (unpaired) electrons. The molecule has 0 aromatic carbocycles. The first-order valence-corrected chi connectivity index (χ1v) is 9.34. The molecule has 0 aromatic rings. The molecule has 0 aliphatic rings. The maximum Gasteiger partial charge on any atom is 0.408 e. The minimum Gasteiger partial charge on any atom is -0.479 e. The molecule has 7 heteroatoms. The summed E-state index contributed by atoms with van der Waals surface area (Å²) in [6.45, 7) is 18.3. The Kier molecular flexibility index (Phi) is 7.26. The van der Waals surface area contributed by atoms with E-state index in [0.29, 0.717) is 0 Å². The van der Waals surface area contributed by atoms with Crippen LogP contribution in [0.2, 0.25) is 5.04 Å². The first-order chi connectivity index (χ1) is 10.6. The van der Waals surface area contributed by atoms with Crippen molar-refractivity contribution in [3.63, 3.8) is 0 Å². The number of ether oxygens (including phenoxy) is 1. The number of carboxylic acid groups (broad SMARTS) is 1. The van der Waals surface area contributed by atoms with E-state index < -0.39 is 38.6 Å². The molecule has 0 spiro atoms. The minimum atomic E-state index is -1.66. The van der Waals surface area contributed by atoms with Crippen LogP contribution in [0.1, 0.15) is 61.8 Å². The van der Waals surface area contributed by atoms with Crippen LogP contribution >= 0.6 is 0 Å². The van der Waals surface area contributed by atoms with E-state index >= 15 is 0 Å². The summed E-state index contributed by atoms with van der Waals surface area (Å²) in [5.74, 6) is -1.18. The van der Waals surface area contributed by atoms with Gasteiger partial charge in [0.1, 0.15) is 5.60 Å². The monoisotopic (exact) mass is 359 g/mol. The van der Waals surface area contributed by atoms with Crippen LogP contribution in [0.25, 0.3) is 0 Å². The average molecular weight is 360 g/mol. The summed E-state index contributed by atoms with van der Waals surface area (Å²) in [7, 11) is -1.04. The molecule has 24 heavy (non-hydrogen) atoms. The van der Waals surface area contributed by atoms with Gasteiger partial charge in [-0.15, -0.1) is 6.58 Å². The zero-order valence-electron chi connectivity index (χ0n) is 16.3. The van der Waals surface area contributed by atoms with Crippen LogP contribution in [0.4, 0.5) is 4.79 Å². The standard InChI is InChI=1S/C17H33NO5Si/c1-10-11-17(12(19)20,18-13(21)22-14(2,3)4)16(8,9)23-24-15(5,6)7/h10H,1,11,24H2,2-9H3,(H,18,21)(H,19,20)/t17-/m1/s1. The first kappa shape index (κ1) is 22.7. The molecule has 1 atom stereocenters. The molecule has 0 heterocycles. The number of carbonyl (C=O) groups is 2. The van der Waals surface area contributed by atoms with Gasteiger partial charge in [0.05, 0.1) is 5.60 Å². The Labute approximate surface area is 147 Å². The highest BCUT2D eigenvalue weighted by Crippen LogP contribution is 2.33. The zero-order valence-corrected chi connectivity index (χ0v) is 17.7. The molecule has 1 amide bonds. The van der Waals surface area contributed by atoms with E-state index in [4.69, 9.17) is 9.16 Å². The van der Waals surface area contributed by atoms with Gasteiger partial charge < -0.3 is 19.6 Å². The molecule has 0 bridgehead atoms. The van der Waals surface area contributed by atoms with Crippen molar-refractivity contribution in [3.8, 4) is 0 Å². The molecule has 0 rings (SSSR count). The Morgan fingerprint density at radius 3 is 1.96 bits per heavy atom. The number of hydrogen-bond acceptors (Lipinski definition) is 4. The Morgan fingerprint density at radius 2 is 1.62 bits per heavy atom. The Hall–Kier alpha value is -1.34. The third kappa shape index (κ3) is 6.65. The second kappa shape index (κ2) is 7.69. The number of alkyl carbamates (subject to hydrolysis) is 1. The van der Waals surface area contributed by atoms with E-state index in [1.807, 2.05) is 20.8 Å². The summed E-state index contributed by atoms with van der Waals surface area (Å²) in [5, 5.41) is 12.4. The number of aliphatic carboxylic acids is 1. The van der Waals surface area contributed by atoms with Crippen LogP contribution in [-0.2, 0) is 14.0 Å². The number of amides is 1. The largest absolute Gasteiger partial charge is 0.479 e. The molecular weight excluding hydrogens is 326 g/mol. The number of carbonyl (C=O) groups excluding carboxylic acids is 1. The highest BCUT2D eigenvalue weighted by molar-refractivity contribution is 6.32. The fraction of sp³-hybridized carbons (Fsp3) is 0.765. The average Bonchev–Trinajstić information content (AvgIpc) is 2.32. The fourth-order valence-corrected chi connectivity index (χ4v) is 3.10. The number of hydrogen-bond donors (Lipinski definition) is 2. The van der Waals surface area contributed by atoms with E-state index in [1.165, 1.54) is 6.08 Å². The summed E-state index contributed by atoms with van der Waals surface area (Å²) >= 11 is 0. The topological polar surface area (TPSA) is 84.9 Å². The number of carboxylic acids is 1. The maximum atomic E-state index is 12.2. The van der Waals surface area contributed by atoms with Gasteiger partial charge in [-0.25, -0.2) is 9.59 Å². The first-order valence-electron chi connectivity index (χ1n) is 8.06. The van der Waals surface area contributed by atoms with Gasteiger partial charge >= 0.3 is 12.1 Å². The molecule has 0 aliphatic heterocycles. The fourth-order valence-electron chi connectivity index (χ4n) is 2.06. The van der Waals surface area contributed by atoms with Crippen LogP contribution in [0.3, 0.4) is 0 Å². The van der Waals surface area contributed by atoms with E-state index in [-0.39, 0.29) is 11.5 Å². The third-order valence-corrected chi connectivity index (χ3v) is 5.16. The molecular formula is C17H33NO5Si. The van der Waals surface area contributed by atoms with Gasteiger partial charge in [-0.2, -0.15) is 0 Å². The van der Waals surface area contributed by atoms with E-state index in [0.717, 1.165) is 0 Å². The Morgan fingerprint density at radius 1 is 1.12 bits per heavy atom. The van der Waals surface area contributed by atoms with Crippen LogP contribution in [0, 0.1) is 0 Å². The van der Waals surface area contributed by atoms with Crippen LogP contribution in [-0.4, -0.2) is 43.7 Å². The van der Waals surface area contributed by atoms with Gasteiger partial charge in [0.2, 0.25) is 0 Å². The van der Waals surface area contributed by atoms with Crippen molar-refractivity contribution in [1.82, 2.24) is 5.32 Å². The molecule has 0 aromatic heterocycles. The van der Waals surface area contributed by atoms with Gasteiger partial charge in [-0.3, -0.25) is 0 Å². The highest BCUT2D eigenvalue weighted by Gasteiger charge is 2.53. The van der Waals surface area contributed by atoms with Crippen molar-refractivity contribution < 1.29 is 23.9 Å². The lowest BCUT2D eigenvalue weighted by molar-refractivity contribution is -0.154. The normalized spacial score (nSPS) is 15.8. The lowest BCUT2D eigenvalue weighted by Gasteiger charge is -2.44. The van der Waals surface area contributed by atoms with Gasteiger partial charge in [0, 0.05) is 6.42 Å². The van der Waals surface area contributed by atoms with E-state index in [1.54, 1.807) is 34.6 Å². The van der Waals surface area contributed by atoms with Gasteiger partial charge in [0.25, 0.3) is 0 Å². The van der Waals surface area contributed by atoms with Crippen molar-refractivity contribution in [2.24, 2.45) is 0 Å². The summed E-state index contributed by atoms with van der Waals surface area (Å²) in [4.78, 5) is 24.3. The van der Waals surface area contributed by atoms with Crippen LogP contribution in [0.15, 0.2) is 12.7 Å². The number of rotatable bonds is 7. The number of nitrogens with one attached hydrogen (secondary N) is 1. The molecule has 0 aliphatic carbocycles. The third-order valence-electron chi connectivity index (χ3n) is 3.42. The van der Waals surface area contributed by atoms with Crippen molar-refractivity contribution in [2.75, 3.05) is 0 Å².